The summed E-state index contributed by atoms with van der Waals surface area (Å²) in [6.07, 6.45) is 21.9. The number of Topliss-reactive ketones (excluding diaryl/α,β-unsaturated/α-hetero) is 2. The lowest BCUT2D eigenvalue weighted by molar-refractivity contribution is -0.126. The van der Waals surface area contributed by atoms with E-state index in [0.717, 1.165) is 44.9 Å². The van der Waals surface area contributed by atoms with E-state index in [1.54, 1.807) is 0 Å². The van der Waals surface area contributed by atoms with E-state index < -0.39 is 0 Å². The molecule has 0 heterocycles. The molecule has 2 aliphatic rings. The predicted molar refractivity (Wildman–Crippen MR) is 121 cm³/mol. The topological polar surface area (TPSA) is 34.1 Å². The summed E-state index contributed by atoms with van der Waals surface area (Å²) >= 11 is 0. The molecule has 2 saturated carbocycles. The zero-order valence-corrected chi connectivity index (χ0v) is 19.3. The van der Waals surface area contributed by atoms with Crippen LogP contribution in [0.15, 0.2) is 0 Å². The van der Waals surface area contributed by atoms with Crippen LogP contribution in [0.4, 0.5) is 0 Å². The summed E-state index contributed by atoms with van der Waals surface area (Å²) in [5.41, 5.74) is 0. The molecule has 3 unspecified atom stereocenters. The van der Waals surface area contributed by atoms with Gasteiger partial charge in [-0.2, -0.15) is 0 Å². The average Bonchev–Trinajstić information content (AvgIpc) is 2.65. The Morgan fingerprint density at radius 3 is 1.79 bits per heavy atom. The lowest BCUT2D eigenvalue weighted by Crippen LogP contribution is -2.23. The minimum absolute atomic E-state index is 0.413. The number of carbonyl (C=O) groups is 2. The maximum Gasteiger partial charge on any atom is 0.136 e. The molecule has 164 valence electrons. The first-order valence-electron chi connectivity index (χ1n) is 12.6. The summed E-state index contributed by atoms with van der Waals surface area (Å²) in [6.45, 7) is 6.58. The van der Waals surface area contributed by atoms with E-state index in [0.29, 0.717) is 29.3 Å². The van der Waals surface area contributed by atoms with Crippen molar-refractivity contribution in [3.8, 4) is 0 Å². The van der Waals surface area contributed by atoms with E-state index in [2.05, 4.69) is 20.8 Å². The molecule has 0 N–H and O–H groups in total. The first-order chi connectivity index (χ1) is 13.5. The van der Waals surface area contributed by atoms with Crippen LogP contribution in [0, 0.1) is 17.8 Å². The van der Waals surface area contributed by atoms with Crippen LogP contribution in [0.2, 0.25) is 0 Å². The minimum atomic E-state index is 0.413. The van der Waals surface area contributed by atoms with Gasteiger partial charge >= 0.3 is 0 Å². The third-order valence-electron chi connectivity index (χ3n) is 6.63. The zero-order chi connectivity index (χ0) is 20.6. The maximum atomic E-state index is 11.7. The molecule has 3 atom stereocenters. The van der Waals surface area contributed by atoms with E-state index in [9.17, 15) is 9.59 Å². The third-order valence-corrected chi connectivity index (χ3v) is 6.63. The summed E-state index contributed by atoms with van der Waals surface area (Å²) in [4.78, 5) is 23.1. The zero-order valence-electron chi connectivity index (χ0n) is 19.3. The highest BCUT2D eigenvalue weighted by atomic mass is 16.1. The van der Waals surface area contributed by atoms with E-state index >= 15 is 0 Å². The largest absolute Gasteiger partial charge is 0.300 e. The first-order valence-corrected chi connectivity index (χ1v) is 12.6. The second-order valence-electron chi connectivity index (χ2n) is 9.76. The van der Waals surface area contributed by atoms with Gasteiger partial charge in [0.1, 0.15) is 11.6 Å². The smallest absolute Gasteiger partial charge is 0.136 e. The van der Waals surface area contributed by atoms with Gasteiger partial charge in [-0.05, 0) is 37.5 Å². The van der Waals surface area contributed by atoms with Crippen LogP contribution in [-0.4, -0.2) is 11.6 Å². The van der Waals surface area contributed by atoms with E-state index in [1.165, 1.54) is 70.6 Å². The summed E-state index contributed by atoms with van der Waals surface area (Å²) in [5, 5.41) is 0. The molecule has 0 saturated heterocycles. The quantitative estimate of drug-likeness (QED) is 0.476. The van der Waals surface area contributed by atoms with Gasteiger partial charge in [-0.15, -0.1) is 0 Å². The van der Waals surface area contributed by atoms with Crippen molar-refractivity contribution in [2.24, 2.45) is 17.8 Å². The fraction of sp³-hybridized carbons (Fsp3) is 0.923. The van der Waals surface area contributed by atoms with Crippen molar-refractivity contribution in [2.45, 2.75) is 136 Å². The van der Waals surface area contributed by atoms with Gasteiger partial charge in [0.25, 0.3) is 0 Å². The van der Waals surface area contributed by atoms with E-state index in [1.807, 2.05) is 0 Å². The monoisotopic (exact) mass is 392 g/mol. The molecule has 2 heteroatoms. The maximum absolute atomic E-state index is 11.7. The molecular formula is C26H48O2. The second kappa shape index (κ2) is 16.2. The van der Waals surface area contributed by atoms with Crippen molar-refractivity contribution >= 4 is 11.6 Å². The Bertz CT molecular complexity index is 415. The number of hydrogen-bond acceptors (Lipinski definition) is 2. The second-order valence-corrected chi connectivity index (χ2v) is 9.76. The first kappa shape index (κ1) is 25.4. The number of carbonyl (C=O) groups excluding carboxylic acids is 2. The van der Waals surface area contributed by atoms with Gasteiger partial charge in [0.05, 0.1) is 0 Å². The van der Waals surface area contributed by atoms with Crippen LogP contribution in [0.5, 0.6) is 0 Å². The molecule has 0 aliphatic heterocycles. The summed E-state index contributed by atoms with van der Waals surface area (Å²) in [6, 6.07) is 0. The molecule has 0 bridgehead atoms. The van der Waals surface area contributed by atoms with Crippen molar-refractivity contribution in [2.75, 3.05) is 0 Å². The van der Waals surface area contributed by atoms with Crippen LogP contribution in [-0.2, 0) is 9.59 Å². The van der Waals surface area contributed by atoms with Crippen LogP contribution >= 0.6 is 0 Å². The molecule has 2 fully saturated rings. The number of hydrogen-bond donors (Lipinski definition) is 0. The fourth-order valence-corrected chi connectivity index (χ4v) is 4.73. The Labute approximate surface area is 175 Å². The molecule has 0 aromatic carbocycles. The van der Waals surface area contributed by atoms with Gasteiger partial charge in [-0.3, -0.25) is 9.59 Å². The van der Waals surface area contributed by atoms with Crippen molar-refractivity contribution < 1.29 is 9.59 Å². The molecule has 0 aromatic heterocycles. The van der Waals surface area contributed by atoms with Crippen LogP contribution in [0.3, 0.4) is 0 Å². The van der Waals surface area contributed by atoms with Gasteiger partial charge in [-0.1, -0.05) is 91.4 Å². The summed E-state index contributed by atoms with van der Waals surface area (Å²) in [7, 11) is 0. The Hall–Kier alpha value is -0.660. The number of rotatable bonds is 2. The fourth-order valence-electron chi connectivity index (χ4n) is 4.73. The Balaban J connectivity index is 0.000000307. The van der Waals surface area contributed by atoms with Crippen LogP contribution in [0.1, 0.15) is 136 Å². The van der Waals surface area contributed by atoms with Crippen LogP contribution < -0.4 is 0 Å². The summed E-state index contributed by atoms with van der Waals surface area (Å²) < 4.78 is 0. The summed E-state index contributed by atoms with van der Waals surface area (Å²) in [5.74, 6) is 2.71. The Morgan fingerprint density at radius 1 is 0.679 bits per heavy atom. The normalized spacial score (nSPS) is 29.2. The highest BCUT2D eigenvalue weighted by Gasteiger charge is 2.24. The Morgan fingerprint density at radius 2 is 1.21 bits per heavy atom. The molecule has 0 aromatic rings. The van der Waals surface area contributed by atoms with Gasteiger partial charge in [0.2, 0.25) is 0 Å². The van der Waals surface area contributed by atoms with E-state index in [4.69, 9.17) is 0 Å². The molecule has 28 heavy (non-hydrogen) atoms. The van der Waals surface area contributed by atoms with Crippen LogP contribution in [0.25, 0.3) is 0 Å². The van der Waals surface area contributed by atoms with Crippen molar-refractivity contribution in [3.63, 3.8) is 0 Å². The lowest BCUT2D eigenvalue weighted by Gasteiger charge is -2.24. The molecule has 2 nitrogen and oxygen atoms in total. The molecule has 0 amide bonds. The molecule has 2 rings (SSSR count). The minimum Gasteiger partial charge on any atom is -0.300 e. The Kier molecular flexibility index (Phi) is 14.7. The highest BCUT2D eigenvalue weighted by molar-refractivity contribution is 5.81. The van der Waals surface area contributed by atoms with Crippen molar-refractivity contribution in [3.05, 3.63) is 0 Å². The SMILES string of the molecule is CC1CCCCCCCCCCCCC(=O)C1.CCCC1CCC(C)CC1=O. The van der Waals surface area contributed by atoms with Gasteiger partial charge in [0, 0.05) is 25.2 Å². The molecule has 0 spiro atoms. The predicted octanol–water partition coefficient (Wildman–Crippen LogP) is 8.07. The van der Waals surface area contributed by atoms with Gasteiger partial charge in [0.15, 0.2) is 0 Å². The van der Waals surface area contributed by atoms with E-state index in [-0.39, 0.29) is 0 Å². The average molecular weight is 393 g/mol. The molecular weight excluding hydrogens is 344 g/mol. The third kappa shape index (κ3) is 12.7. The van der Waals surface area contributed by atoms with Gasteiger partial charge in [-0.25, -0.2) is 0 Å². The molecule has 0 radical (unpaired) electrons. The van der Waals surface area contributed by atoms with Crippen molar-refractivity contribution in [1.82, 2.24) is 0 Å². The lowest BCUT2D eigenvalue weighted by atomic mass is 9.80. The highest BCUT2D eigenvalue weighted by Crippen LogP contribution is 2.28. The number of ketones is 2. The van der Waals surface area contributed by atoms with Gasteiger partial charge < -0.3 is 0 Å². The molecule has 2 aliphatic carbocycles. The standard InChI is InChI=1S/C16H30O.C10H18O/c1-15-12-10-8-6-4-2-3-5-7-9-11-13-16(17)14-15;1-3-4-9-6-5-8(2)7-10(9)11/h15H,2-14H2,1H3;8-9H,3-7H2,1-2H3. The van der Waals surface area contributed by atoms with Crippen molar-refractivity contribution in [1.29, 1.82) is 0 Å².